The number of hydrogen-bond acceptors (Lipinski definition) is 3. The summed E-state index contributed by atoms with van der Waals surface area (Å²) in [6.45, 7) is 7.78. The van der Waals surface area contributed by atoms with Crippen LogP contribution in [-0.4, -0.2) is 34.1 Å². The molecule has 2 aromatic rings. The molecule has 1 unspecified atom stereocenters. The van der Waals surface area contributed by atoms with E-state index in [1.165, 1.54) is 19.4 Å². The first kappa shape index (κ1) is 14.1. The Labute approximate surface area is 126 Å². The van der Waals surface area contributed by atoms with Crippen LogP contribution in [-0.2, 0) is 0 Å². The highest BCUT2D eigenvalue weighted by molar-refractivity contribution is 5.53. The quantitative estimate of drug-likeness (QED) is 0.931. The molecule has 1 saturated heterocycles. The normalized spacial score (nSPS) is 19.6. The zero-order chi connectivity index (χ0) is 14.7. The van der Waals surface area contributed by atoms with Crippen LogP contribution in [0.1, 0.15) is 31.5 Å². The Hall–Kier alpha value is -1.81. The van der Waals surface area contributed by atoms with Crippen molar-refractivity contribution in [2.24, 2.45) is 0 Å². The van der Waals surface area contributed by atoms with Crippen LogP contribution in [0.2, 0.25) is 0 Å². The van der Waals surface area contributed by atoms with Crippen molar-refractivity contribution in [2.45, 2.75) is 32.7 Å². The number of likely N-dealkylation sites (tertiary alicyclic amines) is 1. The molecule has 0 amide bonds. The Kier molecular flexibility index (Phi) is 4.25. The first-order valence-corrected chi connectivity index (χ1v) is 7.86. The van der Waals surface area contributed by atoms with Gasteiger partial charge in [0.2, 0.25) is 5.95 Å². The van der Waals surface area contributed by atoms with Crippen LogP contribution in [0, 0.1) is 6.92 Å². The number of para-hydroxylation sites is 1. The van der Waals surface area contributed by atoms with Gasteiger partial charge in [-0.25, -0.2) is 4.98 Å². The average molecular weight is 284 g/mol. The summed E-state index contributed by atoms with van der Waals surface area (Å²) >= 11 is 0. The van der Waals surface area contributed by atoms with Crippen molar-refractivity contribution in [1.29, 1.82) is 0 Å². The van der Waals surface area contributed by atoms with E-state index in [9.17, 15) is 0 Å². The summed E-state index contributed by atoms with van der Waals surface area (Å²) < 4.78 is 2.32. The molecule has 0 aliphatic carbocycles. The smallest absolute Gasteiger partial charge is 0.207 e. The number of nitrogens with zero attached hydrogens (tertiary/aromatic N) is 3. The van der Waals surface area contributed by atoms with Gasteiger partial charge in [0.1, 0.15) is 0 Å². The van der Waals surface area contributed by atoms with E-state index in [0.29, 0.717) is 6.04 Å². The van der Waals surface area contributed by atoms with E-state index >= 15 is 0 Å². The highest BCUT2D eigenvalue weighted by Crippen LogP contribution is 2.27. The Morgan fingerprint density at radius 2 is 2.10 bits per heavy atom. The fourth-order valence-electron chi connectivity index (χ4n) is 3.08. The van der Waals surface area contributed by atoms with Gasteiger partial charge < -0.3 is 14.8 Å². The molecule has 1 aliphatic heterocycles. The highest BCUT2D eigenvalue weighted by Gasteiger charge is 2.22. The zero-order valence-corrected chi connectivity index (χ0v) is 12.9. The summed E-state index contributed by atoms with van der Waals surface area (Å²) in [6, 6.07) is 10.8. The molecular formula is C17H24N4. The molecule has 0 saturated carbocycles. The van der Waals surface area contributed by atoms with E-state index in [4.69, 9.17) is 0 Å². The SMILES string of the molecule is CCN1CCCC(n2cc(C)nc2Nc2ccccc2)C1. The summed E-state index contributed by atoms with van der Waals surface area (Å²) in [7, 11) is 0. The van der Waals surface area contributed by atoms with Crippen LogP contribution >= 0.6 is 0 Å². The molecule has 21 heavy (non-hydrogen) atoms. The Bertz CT molecular complexity index is 576. The van der Waals surface area contributed by atoms with Gasteiger partial charge in [0, 0.05) is 24.5 Å². The van der Waals surface area contributed by atoms with Crippen molar-refractivity contribution < 1.29 is 0 Å². The maximum atomic E-state index is 4.67. The predicted octanol–water partition coefficient (Wildman–Crippen LogP) is 3.59. The predicted molar refractivity (Wildman–Crippen MR) is 87.1 cm³/mol. The van der Waals surface area contributed by atoms with Gasteiger partial charge in [-0.3, -0.25) is 0 Å². The molecule has 3 rings (SSSR count). The second-order valence-electron chi connectivity index (χ2n) is 5.79. The van der Waals surface area contributed by atoms with Gasteiger partial charge in [-0.15, -0.1) is 0 Å². The number of hydrogen-bond donors (Lipinski definition) is 1. The monoisotopic (exact) mass is 284 g/mol. The summed E-state index contributed by atoms with van der Waals surface area (Å²) in [5.74, 6) is 0.960. The van der Waals surface area contributed by atoms with Gasteiger partial charge in [0.05, 0.1) is 5.69 Å². The fraction of sp³-hybridized carbons (Fsp3) is 0.471. The van der Waals surface area contributed by atoms with Crippen LogP contribution in [0.4, 0.5) is 11.6 Å². The Balaban J connectivity index is 1.82. The van der Waals surface area contributed by atoms with E-state index < -0.39 is 0 Å². The largest absolute Gasteiger partial charge is 0.326 e. The summed E-state index contributed by atoms with van der Waals surface area (Å²) in [6.07, 6.45) is 4.67. The van der Waals surface area contributed by atoms with Crippen molar-refractivity contribution in [1.82, 2.24) is 14.5 Å². The van der Waals surface area contributed by atoms with Crippen LogP contribution in [0.5, 0.6) is 0 Å². The van der Waals surface area contributed by atoms with Gasteiger partial charge >= 0.3 is 0 Å². The molecule has 1 aromatic carbocycles. The van der Waals surface area contributed by atoms with Crippen molar-refractivity contribution in [2.75, 3.05) is 25.0 Å². The number of aromatic nitrogens is 2. The van der Waals surface area contributed by atoms with E-state index in [-0.39, 0.29) is 0 Å². The van der Waals surface area contributed by atoms with E-state index in [1.54, 1.807) is 0 Å². The van der Waals surface area contributed by atoms with Crippen LogP contribution in [0.25, 0.3) is 0 Å². The molecule has 1 aromatic heterocycles. The average Bonchev–Trinajstić information content (AvgIpc) is 2.89. The Morgan fingerprint density at radius 1 is 1.29 bits per heavy atom. The molecule has 1 N–H and O–H groups in total. The maximum Gasteiger partial charge on any atom is 0.207 e. The van der Waals surface area contributed by atoms with Crippen LogP contribution < -0.4 is 5.32 Å². The van der Waals surface area contributed by atoms with Gasteiger partial charge in [0.15, 0.2) is 0 Å². The summed E-state index contributed by atoms with van der Waals surface area (Å²) in [4.78, 5) is 7.19. The van der Waals surface area contributed by atoms with Crippen molar-refractivity contribution in [3.8, 4) is 0 Å². The third-order valence-corrected chi connectivity index (χ3v) is 4.20. The number of benzene rings is 1. The number of likely N-dealkylation sites (N-methyl/N-ethyl adjacent to an activating group) is 1. The molecular weight excluding hydrogens is 260 g/mol. The van der Waals surface area contributed by atoms with Crippen molar-refractivity contribution in [3.63, 3.8) is 0 Å². The molecule has 4 nitrogen and oxygen atoms in total. The van der Waals surface area contributed by atoms with E-state index in [0.717, 1.165) is 30.4 Å². The molecule has 1 fully saturated rings. The minimum absolute atomic E-state index is 0.520. The molecule has 112 valence electrons. The number of nitrogens with one attached hydrogen (secondary N) is 1. The van der Waals surface area contributed by atoms with Gasteiger partial charge in [0.25, 0.3) is 0 Å². The number of rotatable bonds is 4. The lowest BCUT2D eigenvalue weighted by Crippen LogP contribution is -2.36. The fourth-order valence-corrected chi connectivity index (χ4v) is 3.08. The molecule has 0 radical (unpaired) electrons. The molecule has 2 heterocycles. The molecule has 0 bridgehead atoms. The van der Waals surface area contributed by atoms with E-state index in [1.807, 2.05) is 18.2 Å². The topological polar surface area (TPSA) is 33.1 Å². The first-order chi connectivity index (χ1) is 10.3. The molecule has 1 aliphatic rings. The Morgan fingerprint density at radius 3 is 2.86 bits per heavy atom. The lowest BCUT2D eigenvalue weighted by Gasteiger charge is -2.33. The number of anilines is 2. The minimum Gasteiger partial charge on any atom is -0.326 e. The zero-order valence-electron chi connectivity index (χ0n) is 12.9. The summed E-state index contributed by atoms with van der Waals surface area (Å²) in [5, 5.41) is 3.46. The van der Waals surface area contributed by atoms with E-state index in [2.05, 4.69) is 51.9 Å². The van der Waals surface area contributed by atoms with Crippen molar-refractivity contribution in [3.05, 3.63) is 42.2 Å². The van der Waals surface area contributed by atoms with Crippen LogP contribution in [0.15, 0.2) is 36.5 Å². The standard InChI is InChI=1S/C17H24N4/c1-3-20-11-7-10-16(13-20)21-12-14(2)18-17(21)19-15-8-5-4-6-9-15/h4-6,8-9,12,16H,3,7,10-11,13H2,1-2H3,(H,18,19). The lowest BCUT2D eigenvalue weighted by molar-refractivity contribution is 0.186. The maximum absolute atomic E-state index is 4.67. The minimum atomic E-state index is 0.520. The third kappa shape index (κ3) is 3.27. The molecule has 1 atom stereocenters. The van der Waals surface area contributed by atoms with Gasteiger partial charge in [-0.1, -0.05) is 25.1 Å². The third-order valence-electron chi connectivity index (χ3n) is 4.20. The highest BCUT2D eigenvalue weighted by atomic mass is 15.3. The summed E-state index contributed by atoms with van der Waals surface area (Å²) in [5.41, 5.74) is 2.16. The second-order valence-corrected chi connectivity index (χ2v) is 5.79. The second kappa shape index (κ2) is 6.31. The lowest BCUT2D eigenvalue weighted by atomic mass is 10.1. The number of imidazole rings is 1. The first-order valence-electron chi connectivity index (χ1n) is 7.86. The van der Waals surface area contributed by atoms with Gasteiger partial charge in [-0.05, 0) is 45.0 Å². The number of aryl methyl sites for hydroxylation is 1. The molecule has 4 heteroatoms. The van der Waals surface area contributed by atoms with Crippen molar-refractivity contribution >= 4 is 11.6 Å². The van der Waals surface area contributed by atoms with Crippen LogP contribution in [0.3, 0.4) is 0 Å². The van der Waals surface area contributed by atoms with Gasteiger partial charge in [-0.2, -0.15) is 0 Å². The molecule has 0 spiro atoms. The number of piperidine rings is 1.